The van der Waals surface area contributed by atoms with Crippen LogP contribution in [0.2, 0.25) is 0 Å². The number of hydrogen-bond donors (Lipinski definition) is 1. The Morgan fingerprint density at radius 1 is 1.55 bits per heavy atom. The van der Waals surface area contributed by atoms with Crippen LogP contribution in [0.15, 0.2) is 0 Å². The van der Waals surface area contributed by atoms with Gasteiger partial charge in [0.25, 0.3) is 0 Å². The maximum Gasteiger partial charge on any atom is 0.220 e. The summed E-state index contributed by atoms with van der Waals surface area (Å²) >= 11 is 0. The van der Waals surface area contributed by atoms with Gasteiger partial charge in [0.05, 0.1) is 0 Å². The summed E-state index contributed by atoms with van der Waals surface area (Å²) in [5.41, 5.74) is 5.04. The van der Waals surface area contributed by atoms with Gasteiger partial charge in [-0.25, -0.2) is 0 Å². The Morgan fingerprint density at radius 3 is 2.64 bits per heavy atom. The molecule has 0 aromatic heterocycles. The van der Waals surface area contributed by atoms with Crippen molar-refractivity contribution >= 4 is 12.2 Å². The first kappa shape index (κ1) is 10.1. The lowest BCUT2D eigenvalue weighted by Crippen LogP contribution is -2.20. The third-order valence-corrected chi connectivity index (χ3v) is 1.69. The molecule has 0 aromatic carbocycles. The third-order valence-electron chi connectivity index (χ3n) is 1.69. The second kappa shape index (κ2) is 5.89. The first-order valence-corrected chi connectivity index (χ1v) is 3.91. The molecular weight excluding hydrogens is 142 g/mol. The number of primary amides is 1. The van der Waals surface area contributed by atoms with Crippen LogP contribution in [0.4, 0.5) is 0 Å². The summed E-state index contributed by atoms with van der Waals surface area (Å²) in [4.78, 5) is 20.4. The molecule has 0 rings (SSSR count). The van der Waals surface area contributed by atoms with Crippen LogP contribution in [0.1, 0.15) is 32.6 Å². The molecule has 2 N–H and O–H groups in total. The second-order valence-corrected chi connectivity index (χ2v) is 2.75. The van der Waals surface area contributed by atoms with Crippen molar-refractivity contribution in [1.29, 1.82) is 0 Å². The first-order valence-electron chi connectivity index (χ1n) is 3.91. The van der Waals surface area contributed by atoms with Crippen molar-refractivity contribution in [2.45, 2.75) is 32.6 Å². The minimum Gasteiger partial charge on any atom is -0.369 e. The SMILES string of the molecule is CC(CCCCC=O)C(N)=O. The van der Waals surface area contributed by atoms with Crippen LogP contribution >= 0.6 is 0 Å². The van der Waals surface area contributed by atoms with E-state index in [1.54, 1.807) is 0 Å². The summed E-state index contributed by atoms with van der Waals surface area (Å²) in [7, 11) is 0. The molecular formula is C8H15NO2. The zero-order valence-corrected chi connectivity index (χ0v) is 6.88. The molecule has 11 heavy (non-hydrogen) atoms. The second-order valence-electron chi connectivity index (χ2n) is 2.75. The number of amides is 1. The lowest BCUT2D eigenvalue weighted by molar-refractivity contribution is -0.121. The van der Waals surface area contributed by atoms with Gasteiger partial charge in [-0.1, -0.05) is 13.3 Å². The minimum atomic E-state index is -0.254. The number of aldehydes is 1. The molecule has 0 saturated heterocycles. The van der Waals surface area contributed by atoms with E-state index in [9.17, 15) is 9.59 Å². The Hall–Kier alpha value is -0.860. The predicted octanol–water partition coefficient (Wildman–Crippen LogP) is 0.867. The van der Waals surface area contributed by atoms with E-state index in [0.29, 0.717) is 6.42 Å². The summed E-state index contributed by atoms with van der Waals surface area (Å²) in [6.45, 7) is 1.81. The van der Waals surface area contributed by atoms with Crippen LogP contribution in [0.25, 0.3) is 0 Å². The van der Waals surface area contributed by atoms with Gasteiger partial charge in [0.1, 0.15) is 6.29 Å². The van der Waals surface area contributed by atoms with E-state index in [4.69, 9.17) is 5.73 Å². The van der Waals surface area contributed by atoms with Gasteiger partial charge in [-0.2, -0.15) is 0 Å². The van der Waals surface area contributed by atoms with Crippen molar-refractivity contribution in [3.05, 3.63) is 0 Å². The number of rotatable bonds is 6. The van der Waals surface area contributed by atoms with Gasteiger partial charge in [-0.3, -0.25) is 4.79 Å². The fraction of sp³-hybridized carbons (Fsp3) is 0.750. The zero-order chi connectivity index (χ0) is 8.69. The molecule has 0 radical (unpaired) electrons. The van der Waals surface area contributed by atoms with Gasteiger partial charge in [0, 0.05) is 12.3 Å². The van der Waals surface area contributed by atoms with Crippen molar-refractivity contribution in [2.24, 2.45) is 11.7 Å². The van der Waals surface area contributed by atoms with Gasteiger partial charge in [-0.05, 0) is 12.8 Å². The van der Waals surface area contributed by atoms with Crippen LogP contribution in [0.5, 0.6) is 0 Å². The molecule has 0 bridgehead atoms. The Labute approximate surface area is 67.0 Å². The molecule has 0 spiro atoms. The normalized spacial score (nSPS) is 12.5. The molecule has 3 heteroatoms. The van der Waals surface area contributed by atoms with E-state index < -0.39 is 0 Å². The van der Waals surface area contributed by atoms with E-state index in [0.717, 1.165) is 25.5 Å². The molecule has 0 fully saturated rings. The van der Waals surface area contributed by atoms with Gasteiger partial charge >= 0.3 is 0 Å². The molecule has 0 aliphatic heterocycles. The average Bonchev–Trinajstić information content (AvgIpc) is 1.97. The van der Waals surface area contributed by atoms with Gasteiger partial charge in [0.2, 0.25) is 5.91 Å². The van der Waals surface area contributed by atoms with E-state index in [-0.39, 0.29) is 11.8 Å². The molecule has 1 unspecified atom stereocenters. The topological polar surface area (TPSA) is 60.2 Å². The summed E-state index contributed by atoms with van der Waals surface area (Å²) in [5, 5.41) is 0. The number of hydrogen-bond acceptors (Lipinski definition) is 2. The summed E-state index contributed by atoms with van der Waals surface area (Å²) < 4.78 is 0. The summed E-state index contributed by atoms with van der Waals surface area (Å²) in [5.74, 6) is -0.308. The van der Waals surface area contributed by atoms with Crippen molar-refractivity contribution < 1.29 is 9.59 Å². The number of nitrogens with two attached hydrogens (primary N) is 1. The van der Waals surface area contributed by atoms with Crippen molar-refractivity contribution in [3.8, 4) is 0 Å². The lowest BCUT2D eigenvalue weighted by Gasteiger charge is -2.04. The highest BCUT2D eigenvalue weighted by Gasteiger charge is 2.06. The van der Waals surface area contributed by atoms with Gasteiger partial charge in [0.15, 0.2) is 0 Å². The minimum absolute atomic E-state index is 0.0540. The fourth-order valence-corrected chi connectivity index (χ4v) is 0.820. The molecule has 1 amide bonds. The van der Waals surface area contributed by atoms with Crippen LogP contribution in [-0.2, 0) is 9.59 Å². The van der Waals surface area contributed by atoms with Crippen molar-refractivity contribution in [3.63, 3.8) is 0 Å². The van der Waals surface area contributed by atoms with E-state index in [2.05, 4.69) is 0 Å². The summed E-state index contributed by atoms with van der Waals surface area (Å²) in [6, 6.07) is 0. The van der Waals surface area contributed by atoms with Gasteiger partial charge in [-0.15, -0.1) is 0 Å². The molecule has 0 heterocycles. The molecule has 0 aliphatic carbocycles. The third kappa shape index (κ3) is 5.58. The standard InChI is InChI=1S/C8H15NO2/c1-7(8(9)11)5-3-2-4-6-10/h6-7H,2-5H2,1H3,(H2,9,11). The highest BCUT2D eigenvalue weighted by molar-refractivity contribution is 5.76. The van der Waals surface area contributed by atoms with Crippen molar-refractivity contribution in [2.75, 3.05) is 0 Å². The Bertz CT molecular complexity index is 134. The van der Waals surface area contributed by atoms with Crippen molar-refractivity contribution in [1.82, 2.24) is 0 Å². The van der Waals surface area contributed by atoms with Crippen LogP contribution in [0.3, 0.4) is 0 Å². The Morgan fingerprint density at radius 2 is 2.18 bits per heavy atom. The van der Waals surface area contributed by atoms with Crippen LogP contribution in [-0.4, -0.2) is 12.2 Å². The average molecular weight is 157 g/mol. The zero-order valence-electron chi connectivity index (χ0n) is 6.88. The number of unbranched alkanes of at least 4 members (excludes halogenated alkanes) is 2. The lowest BCUT2D eigenvalue weighted by atomic mass is 10.0. The highest BCUT2D eigenvalue weighted by Crippen LogP contribution is 2.07. The number of carbonyl (C=O) groups excluding carboxylic acids is 2. The van der Waals surface area contributed by atoms with Crippen LogP contribution < -0.4 is 5.73 Å². The Balaban J connectivity index is 3.24. The highest BCUT2D eigenvalue weighted by atomic mass is 16.1. The monoisotopic (exact) mass is 157 g/mol. The molecule has 0 saturated carbocycles. The van der Waals surface area contributed by atoms with Gasteiger partial charge < -0.3 is 10.5 Å². The maximum absolute atomic E-state index is 10.5. The molecule has 3 nitrogen and oxygen atoms in total. The van der Waals surface area contributed by atoms with E-state index in [1.165, 1.54) is 0 Å². The van der Waals surface area contributed by atoms with E-state index >= 15 is 0 Å². The number of carbonyl (C=O) groups is 2. The largest absolute Gasteiger partial charge is 0.369 e. The Kier molecular flexibility index (Phi) is 5.43. The van der Waals surface area contributed by atoms with E-state index in [1.807, 2.05) is 6.92 Å². The molecule has 64 valence electrons. The quantitative estimate of drug-likeness (QED) is 0.459. The smallest absolute Gasteiger partial charge is 0.220 e. The fourth-order valence-electron chi connectivity index (χ4n) is 0.820. The first-order chi connectivity index (χ1) is 5.18. The maximum atomic E-state index is 10.5. The molecule has 1 atom stereocenters. The molecule has 0 aliphatic rings. The summed E-state index contributed by atoms with van der Waals surface area (Å²) in [6.07, 6.45) is 4.05. The van der Waals surface area contributed by atoms with Crippen LogP contribution in [0, 0.1) is 5.92 Å². The predicted molar refractivity (Wildman–Crippen MR) is 42.9 cm³/mol. The molecule has 0 aromatic rings.